The fourth-order valence-electron chi connectivity index (χ4n) is 2.42. The molecule has 0 spiro atoms. The van der Waals surface area contributed by atoms with E-state index in [4.69, 9.17) is 9.47 Å². The molecule has 1 aromatic heterocycles. The molecule has 0 radical (unpaired) electrons. The van der Waals surface area contributed by atoms with Crippen molar-refractivity contribution < 1.29 is 23.6 Å². The summed E-state index contributed by atoms with van der Waals surface area (Å²) in [4.78, 5) is 22.9. The molecule has 0 N–H and O–H groups in total. The number of fused-ring (bicyclic) bond motifs is 1. The van der Waals surface area contributed by atoms with Crippen LogP contribution in [0.1, 0.15) is 25.1 Å². The first-order valence-electron chi connectivity index (χ1n) is 7.18. The SMILES string of the molecule is CCOC(=O)Cc1cc(C)[n+](C)c2cc(OC(C)=O)ccc12. The van der Waals surface area contributed by atoms with Crippen molar-refractivity contribution in [3.63, 3.8) is 0 Å². The Morgan fingerprint density at radius 3 is 2.59 bits per heavy atom. The lowest BCUT2D eigenvalue weighted by Gasteiger charge is -2.09. The molecular formula is C17H20NO4+. The molecule has 5 heteroatoms. The van der Waals surface area contributed by atoms with Gasteiger partial charge in [0.25, 0.3) is 0 Å². The lowest BCUT2D eigenvalue weighted by molar-refractivity contribution is -0.651. The van der Waals surface area contributed by atoms with E-state index >= 15 is 0 Å². The molecule has 0 saturated heterocycles. The Hall–Kier alpha value is -2.43. The minimum Gasteiger partial charge on any atom is -0.466 e. The highest BCUT2D eigenvalue weighted by molar-refractivity contribution is 5.86. The van der Waals surface area contributed by atoms with Gasteiger partial charge in [0.2, 0.25) is 5.52 Å². The number of carbonyl (C=O) groups excluding carboxylic acids is 2. The summed E-state index contributed by atoms with van der Waals surface area (Å²) in [6.07, 6.45) is 0.221. The van der Waals surface area contributed by atoms with Crippen LogP contribution in [0, 0.1) is 6.92 Å². The van der Waals surface area contributed by atoms with E-state index in [1.807, 2.05) is 30.7 Å². The second-order valence-electron chi connectivity index (χ2n) is 5.12. The Morgan fingerprint density at radius 2 is 1.95 bits per heavy atom. The van der Waals surface area contributed by atoms with Crippen LogP contribution in [0.4, 0.5) is 0 Å². The number of rotatable bonds is 4. The number of aromatic nitrogens is 1. The van der Waals surface area contributed by atoms with Crippen LogP contribution in [0.15, 0.2) is 24.3 Å². The van der Waals surface area contributed by atoms with Gasteiger partial charge in [-0.25, -0.2) is 0 Å². The van der Waals surface area contributed by atoms with E-state index in [0.29, 0.717) is 12.4 Å². The minimum absolute atomic E-state index is 0.221. The van der Waals surface area contributed by atoms with E-state index in [1.165, 1.54) is 6.92 Å². The van der Waals surface area contributed by atoms with Gasteiger partial charge < -0.3 is 9.47 Å². The van der Waals surface area contributed by atoms with Gasteiger partial charge in [0, 0.05) is 19.9 Å². The summed E-state index contributed by atoms with van der Waals surface area (Å²) in [5, 5.41) is 0.942. The van der Waals surface area contributed by atoms with Gasteiger partial charge in [-0.15, -0.1) is 0 Å². The predicted molar refractivity (Wildman–Crippen MR) is 81.5 cm³/mol. The van der Waals surface area contributed by atoms with Crippen molar-refractivity contribution >= 4 is 22.8 Å². The predicted octanol–water partition coefficient (Wildman–Crippen LogP) is 2.00. The average molecular weight is 302 g/mol. The van der Waals surface area contributed by atoms with Crippen LogP contribution in [0.25, 0.3) is 10.9 Å². The van der Waals surface area contributed by atoms with Crippen LogP contribution in [-0.4, -0.2) is 18.5 Å². The number of carbonyl (C=O) groups is 2. The monoisotopic (exact) mass is 302 g/mol. The van der Waals surface area contributed by atoms with E-state index in [9.17, 15) is 9.59 Å². The van der Waals surface area contributed by atoms with Gasteiger partial charge in [-0.1, -0.05) is 0 Å². The molecule has 0 saturated carbocycles. The summed E-state index contributed by atoms with van der Waals surface area (Å²) < 4.78 is 12.2. The first-order valence-corrected chi connectivity index (χ1v) is 7.18. The van der Waals surface area contributed by atoms with Gasteiger partial charge in [0.05, 0.1) is 24.5 Å². The summed E-state index contributed by atoms with van der Waals surface area (Å²) in [7, 11) is 1.93. The van der Waals surface area contributed by atoms with Crippen molar-refractivity contribution in [1.82, 2.24) is 0 Å². The first-order chi connectivity index (χ1) is 10.4. The zero-order chi connectivity index (χ0) is 16.3. The van der Waals surface area contributed by atoms with Crippen LogP contribution >= 0.6 is 0 Å². The van der Waals surface area contributed by atoms with Gasteiger partial charge >= 0.3 is 11.9 Å². The Morgan fingerprint density at radius 1 is 1.23 bits per heavy atom. The smallest absolute Gasteiger partial charge is 0.310 e. The van der Waals surface area contributed by atoms with Crippen molar-refractivity contribution in [1.29, 1.82) is 0 Å². The zero-order valence-corrected chi connectivity index (χ0v) is 13.3. The highest BCUT2D eigenvalue weighted by Gasteiger charge is 2.17. The third kappa shape index (κ3) is 3.42. The van der Waals surface area contributed by atoms with Crippen molar-refractivity contribution in [2.75, 3.05) is 6.61 Å². The Bertz CT molecular complexity index is 737. The molecule has 116 valence electrons. The largest absolute Gasteiger partial charge is 0.466 e. The lowest BCUT2D eigenvalue weighted by Crippen LogP contribution is -2.33. The topological polar surface area (TPSA) is 56.5 Å². The quantitative estimate of drug-likeness (QED) is 0.492. The van der Waals surface area contributed by atoms with Gasteiger partial charge in [-0.05, 0) is 24.6 Å². The van der Waals surface area contributed by atoms with Crippen molar-refractivity contribution in [3.05, 3.63) is 35.5 Å². The molecule has 0 bridgehead atoms. The summed E-state index contributed by atoms with van der Waals surface area (Å²) in [5.74, 6) is -0.120. The van der Waals surface area contributed by atoms with E-state index in [-0.39, 0.29) is 18.4 Å². The highest BCUT2D eigenvalue weighted by atomic mass is 16.5. The molecule has 22 heavy (non-hydrogen) atoms. The Labute approximate surface area is 129 Å². The highest BCUT2D eigenvalue weighted by Crippen LogP contribution is 2.23. The molecule has 0 aliphatic carbocycles. The van der Waals surface area contributed by atoms with E-state index in [0.717, 1.165) is 22.2 Å². The van der Waals surface area contributed by atoms with E-state index in [2.05, 4.69) is 0 Å². The number of hydrogen-bond acceptors (Lipinski definition) is 4. The molecule has 0 amide bonds. The second-order valence-corrected chi connectivity index (χ2v) is 5.12. The van der Waals surface area contributed by atoms with Crippen LogP contribution < -0.4 is 9.30 Å². The van der Waals surface area contributed by atoms with Crippen molar-refractivity contribution in [3.8, 4) is 5.75 Å². The van der Waals surface area contributed by atoms with Gasteiger partial charge in [0.15, 0.2) is 5.69 Å². The molecule has 2 aromatic rings. The molecule has 0 aliphatic rings. The second kappa shape index (κ2) is 6.56. The number of aryl methyl sites for hydroxylation is 2. The van der Waals surface area contributed by atoms with E-state index < -0.39 is 0 Å². The molecule has 2 rings (SSSR count). The van der Waals surface area contributed by atoms with Gasteiger partial charge in [-0.2, -0.15) is 4.57 Å². The normalized spacial score (nSPS) is 10.5. The number of nitrogens with zero attached hydrogens (tertiary/aromatic N) is 1. The molecular weight excluding hydrogens is 282 g/mol. The standard InChI is InChI=1S/C17H20NO4/c1-5-21-17(20)9-13-8-11(2)18(4)16-10-14(22-12(3)19)6-7-15(13)16/h6-8,10H,5,9H2,1-4H3/q+1. The van der Waals surface area contributed by atoms with Crippen LogP contribution in [-0.2, 0) is 27.8 Å². The number of esters is 2. The molecule has 0 atom stereocenters. The maximum absolute atomic E-state index is 11.8. The summed E-state index contributed by atoms with van der Waals surface area (Å²) in [5.41, 5.74) is 2.81. The average Bonchev–Trinajstić information content (AvgIpc) is 2.44. The van der Waals surface area contributed by atoms with Crippen LogP contribution in [0.5, 0.6) is 5.75 Å². The fourth-order valence-corrected chi connectivity index (χ4v) is 2.42. The van der Waals surface area contributed by atoms with Crippen LogP contribution in [0.3, 0.4) is 0 Å². The van der Waals surface area contributed by atoms with Gasteiger partial charge in [-0.3, -0.25) is 9.59 Å². The summed E-state index contributed by atoms with van der Waals surface area (Å²) in [6, 6.07) is 7.37. The van der Waals surface area contributed by atoms with Crippen LogP contribution in [0.2, 0.25) is 0 Å². The van der Waals surface area contributed by atoms with E-state index in [1.54, 1.807) is 19.1 Å². The maximum atomic E-state index is 11.8. The van der Waals surface area contributed by atoms with Gasteiger partial charge in [0.1, 0.15) is 12.8 Å². The number of pyridine rings is 1. The van der Waals surface area contributed by atoms with Crippen molar-refractivity contribution in [2.45, 2.75) is 27.2 Å². The third-order valence-electron chi connectivity index (χ3n) is 3.49. The number of ether oxygens (including phenoxy) is 2. The molecule has 0 fully saturated rings. The Balaban J connectivity index is 2.52. The molecule has 0 unspecified atom stereocenters. The molecule has 1 heterocycles. The minimum atomic E-state index is -0.360. The molecule has 5 nitrogen and oxygen atoms in total. The zero-order valence-electron chi connectivity index (χ0n) is 13.3. The number of hydrogen-bond donors (Lipinski definition) is 0. The molecule has 1 aromatic carbocycles. The summed E-state index contributed by atoms with van der Waals surface area (Å²) in [6.45, 7) is 5.49. The summed E-state index contributed by atoms with van der Waals surface area (Å²) >= 11 is 0. The lowest BCUT2D eigenvalue weighted by atomic mass is 10.0. The fraction of sp³-hybridized carbons (Fsp3) is 0.353. The van der Waals surface area contributed by atoms with Crippen molar-refractivity contribution in [2.24, 2.45) is 7.05 Å². The maximum Gasteiger partial charge on any atom is 0.310 e. The third-order valence-corrected chi connectivity index (χ3v) is 3.49. The molecule has 0 aliphatic heterocycles. The number of benzene rings is 1. The Kier molecular flexibility index (Phi) is 4.75. The first kappa shape index (κ1) is 15.9.